The van der Waals surface area contributed by atoms with Crippen LogP contribution in [0.15, 0.2) is 36.7 Å². The smallest absolute Gasteiger partial charge is 0.462 e. The Kier molecular flexibility index (Phi) is 6.32. The van der Waals surface area contributed by atoms with E-state index in [9.17, 15) is 22.8 Å². The molecule has 0 aliphatic carbocycles. The lowest BCUT2D eigenvalue weighted by atomic mass is 10.1. The van der Waals surface area contributed by atoms with Gasteiger partial charge in [-0.2, -0.15) is 18.3 Å². The van der Waals surface area contributed by atoms with Gasteiger partial charge in [0.15, 0.2) is 0 Å². The molecule has 0 unspecified atom stereocenters. The molecule has 2 rings (SSSR count). The highest BCUT2D eigenvalue weighted by atomic mass is 19.4. The molecular formula is C17H17F3N4O3. The minimum absolute atomic E-state index is 0.153. The standard InChI is InChI=1S/C17H17F3N4O3/c1-2-27-15(25)13-9-22-24(10-13)8-7-11-3-5-12(6-4-11)14(21)23-16(26)17(18,19)20/h3-6,9-10H,2,7-8H2,1H3,(H2,21,23,26). The van der Waals surface area contributed by atoms with E-state index in [-0.39, 0.29) is 12.2 Å². The number of aryl methyl sites for hydroxylation is 2. The number of carbonyl (C=O) groups excluding carboxylic acids is 2. The van der Waals surface area contributed by atoms with Gasteiger partial charge in [0, 0.05) is 18.3 Å². The number of esters is 1. The van der Waals surface area contributed by atoms with E-state index >= 15 is 0 Å². The molecule has 27 heavy (non-hydrogen) atoms. The normalized spacial score (nSPS) is 11.1. The van der Waals surface area contributed by atoms with Crippen molar-refractivity contribution in [2.45, 2.75) is 26.1 Å². The van der Waals surface area contributed by atoms with Crippen LogP contribution in [0.4, 0.5) is 13.2 Å². The molecule has 1 heterocycles. The van der Waals surface area contributed by atoms with Gasteiger partial charge in [0.25, 0.3) is 0 Å². The number of halogens is 3. The van der Waals surface area contributed by atoms with E-state index in [0.29, 0.717) is 18.5 Å². The number of nitrogens with zero attached hydrogens (tertiary/aromatic N) is 2. The lowest BCUT2D eigenvalue weighted by Gasteiger charge is -2.09. The monoisotopic (exact) mass is 382 g/mol. The highest BCUT2D eigenvalue weighted by Crippen LogP contribution is 2.15. The summed E-state index contributed by atoms with van der Waals surface area (Å²) in [6.45, 7) is 2.45. The Labute approximate surface area is 152 Å². The van der Waals surface area contributed by atoms with E-state index in [2.05, 4.69) is 5.10 Å². The average Bonchev–Trinajstić information content (AvgIpc) is 3.09. The summed E-state index contributed by atoms with van der Waals surface area (Å²) >= 11 is 0. The number of hydrogen-bond acceptors (Lipinski definition) is 5. The van der Waals surface area contributed by atoms with Crippen LogP contribution in [0, 0.1) is 5.41 Å². The summed E-state index contributed by atoms with van der Waals surface area (Å²) in [5.41, 5.74) is 1.35. The van der Waals surface area contributed by atoms with Gasteiger partial charge in [0.2, 0.25) is 0 Å². The first-order valence-electron chi connectivity index (χ1n) is 7.96. The highest BCUT2D eigenvalue weighted by Gasteiger charge is 2.39. The van der Waals surface area contributed by atoms with Crippen molar-refractivity contribution in [2.75, 3.05) is 6.61 Å². The minimum atomic E-state index is -5.04. The predicted octanol–water partition coefficient (Wildman–Crippen LogP) is 2.31. The molecule has 0 saturated carbocycles. The van der Waals surface area contributed by atoms with Crippen LogP contribution in [-0.2, 0) is 22.5 Å². The summed E-state index contributed by atoms with van der Waals surface area (Å²) < 4.78 is 43.0. The van der Waals surface area contributed by atoms with E-state index in [1.165, 1.54) is 23.6 Å². The maximum Gasteiger partial charge on any atom is 0.471 e. The number of nitrogens with one attached hydrogen (secondary N) is 2. The zero-order chi connectivity index (χ0) is 20.0. The van der Waals surface area contributed by atoms with Crippen LogP contribution >= 0.6 is 0 Å². The molecule has 1 aromatic heterocycles. The lowest BCUT2D eigenvalue weighted by molar-refractivity contribution is -0.171. The van der Waals surface area contributed by atoms with Crippen LogP contribution in [0.25, 0.3) is 0 Å². The largest absolute Gasteiger partial charge is 0.471 e. The molecule has 0 fully saturated rings. The molecule has 0 bridgehead atoms. The van der Waals surface area contributed by atoms with Gasteiger partial charge in [0.05, 0.1) is 18.4 Å². The first-order valence-corrected chi connectivity index (χ1v) is 7.96. The Bertz CT molecular complexity index is 829. The Hall–Kier alpha value is -3.17. The molecule has 0 radical (unpaired) electrons. The van der Waals surface area contributed by atoms with Crippen LogP contribution in [0.1, 0.15) is 28.4 Å². The third-order valence-corrected chi connectivity index (χ3v) is 3.51. The van der Waals surface area contributed by atoms with Gasteiger partial charge in [0.1, 0.15) is 5.84 Å². The zero-order valence-electron chi connectivity index (χ0n) is 14.3. The van der Waals surface area contributed by atoms with Crippen molar-refractivity contribution < 1.29 is 27.5 Å². The average molecular weight is 382 g/mol. The maximum absolute atomic E-state index is 12.2. The van der Waals surface area contributed by atoms with Crippen molar-refractivity contribution in [3.8, 4) is 0 Å². The summed E-state index contributed by atoms with van der Waals surface area (Å²) in [6, 6.07) is 6.17. The van der Waals surface area contributed by atoms with Gasteiger partial charge >= 0.3 is 18.1 Å². The van der Waals surface area contributed by atoms with Gasteiger partial charge < -0.3 is 10.1 Å². The van der Waals surface area contributed by atoms with Crippen molar-refractivity contribution in [1.82, 2.24) is 15.1 Å². The van der Waals surface area contributed by atoms with Crippen molar-refractivity contribution in [3.05, 3.63) is 53.3 Å². The summed E-state index contributed by atoms with van der Waals surface area (Å²) in [6.07, 6.45) is -1.52. The van der Waals surface area contributed by atoms with E-state index in [1.54, 1.807) is 29.9 Å². The third kappa shape index (κ3) is 5.66. The number of aromatic nitrogens is 2. The van der Waals surface area contributed by atoms with Crippen molar-refractivity contribution in [2.24, 2.45) is 0 Å². The van der Waals surface area contributed by atoms with Crippen molar-refractivity contribution in [1.29, 1.82) is 5.41 Å². The van der Waals surface area contributed by atoms with Crippen LogP contribution in [-0.4, -0.2) is 40.3 Å². The van der Waals surface area contributed by atoms with Crippen LogP contribution in [0.5, 0.6) is 0 Å². The number of amides is 1. The molecule has 144 valence electrons. The Morgan fingerprint density at radius 3 is 2.48 bits per heavy atom. The first kappa shape index (κ1) is 20.1. The fraction of sp³-hybridized carbons (Fsp3) is 0.294. The summed E-state index contributed by atoms with van der Waals surface area (Å²) in [5, 5.41) is 13.1. The van der Waals surface area contributed by atoms with E-state index in [0.717, 1.165) is 5.56 Å². The van der Waals surface area contributed by atoms with Gasteiger partial charge in [-0.05, 0) is 18.9 Å². The quantitative estimate of drug-likeness (QED) is 0.455. The molecular weight excluding hydrogens is 365 g/mol. The van der Waals surface area contributed by atoms with E-state index < -0.39 is 23.9 Å². The summed E-state index contributed by atoms with van der Waals surface area (Å²) in [5.74, 6) is -3.27. The second-order valence-corrected chi connectivity index (χ2v) is 5.49. The van der Waals surface area contributed by atoms with E-state index in [1.807, 2.05) is 0 Å². The van der Waals surface area contributed by atoms with Gasteiger partial charge in [-0.15, -0.1) is 0 Å². The molecule has 0 spiro atoms. The zero-order valence-corrected chi connectivity index (χ0v) is 14.3. The van der Waals surface area contributed by atoms with Crippen LogP contribution in [0.3, 0.4) is 0 Å². The third-order valence-electron chi connectivity index (χ3n) is 3.51. The van der Waals surface area contributed by atoms with E-state index in [4.69, 9.17) is 10.1 Å². The van der Waals surface area contributed by atoms with Gasteiger partial charge in [-0.25, -0.2) is 4.79 Å². The number of alkyl halides is 3. The Morgan fingerprint density at radius 1 is 1.22 bits per heavy atom. The lowest BCUT2D eigenvalue weighted by Crippen LogP contribution is -2.40. The van der Waals surface area contributed by atoms with Gasteiger partial charge in [-0.3, -0.25) is 14.9 Å². The SMILES string of the molecule is CCOC(=O)c1cnn(CCc2ccc(C(=N)NC(=O)C(F)(F)F)cc2)c1. The molecule has 1 amide bonds. The number of ether oxygens (including phenoxy) is 1. The topological polar surface area (TPSA) is 97.1 Å². The fourth-order valence-electron chi connectivity index (χ4n) is 2.14. The number of amidine groups is 1. The van der Waals surface area contributed by atoms with Crippen LogP contribution < -0.4 is 5.32 Å². The number of rotatable bonds is 6. The summed E-state index contributed by atoms with van der Waals surface area (Å²) in [4.78, 5) is 22.4. The first-order chi connectivity index (χ1) is 12.7. The number of benzene rings is 1. The molecule has 2 aromatic rings. The second-order valence-electron chi connectivity index (χ2n) is 5.49. The fourth-order valence-corrected chi connectivity index (χ4v) is 2.14. The molecule has 0 aliphatic heterocycles. The molecule has 2 N–H and O–H groups in total. The maximum atomic E-state index is 12.2. The second kappa shape index (κ2) is 8.47. The van der Waals surface area contributed by atoms with Crippen molar-refractivity contribution in [3.63, 3.8) is 0 Å². The Morgan fingerprint density at radius 2 is 1.89 bits per heavy atom. The summed E-state index contributed by atoms with van der Waals surface area (Å²) in [7, 11) is 0. The molecule has 7 nitrogen and oxygen atoms in total. The highest BCUT2D eigenvalue weighted by molar-refractivity contribution is 6.07. The van der Waals surface area contributed by atoms with Crippen LogP contribution in [0.2, 0.25) is 0 Å². The molecule has 10 heteroatoms. The van der Waals surface area contributed by atoms with Crippen molar-refractivity contribution >= 4 is 17.7 Å². The molecule has 0 atom stereocenters. The van der Waals surface area contributed by atoms with Gasteiger partial charge in [-0.1, -0.05) is 24.3 Å². The predicted molar refractivity (Wildman–Crippen MR) is 89.4 cm³/mol. The number of hydrogen-bond donors (Lipinski definition) is 2. The number of carbonyl (C=O) groups is 2. The Balaban J connectivity index is 1.91. The molecule has 1 aromatic carbocycles. The minimum Gasteiger partial charge on any atom is -0.462 e. The molecule has 0 saturated heterocycles. The molecule has 0 aliphatic rings.